The Morgan fingerprint density at radius 1 is 1.19 bits per heavy atom. The number of esters is 1. The first-order valence-corrected chi connectivity index (χ1v) is 8.92. The van der Waals surface area contributed by atoms with Gasteiger partial charge in [0.15, 0.2) is 0 Å². The van der Waals surface area contributed by atoms with E-state index in [1.54, 1.807) is 30.3 Å². The van der Waals surface area contributed by atoms with Crippen LogP contribution in [0.5, 0.6) is 0 Å². The molecular formula is C20H22N2O4. The van der Waals surface area contributed by atoms with Crippen LogP contribution in [0.25, 0.3) is 0 Å². The van der Waals surface area contributed by atoms with Crippen molar-refractivity contribution in [2.75, 3.05) is 11.9 Å². The lowest BCUT2D eigenvalue weighted by atomic mass is 10.1. The Morgan fingerprint density at radius 3 is 2.69 bits per heavy atom. The van der Waals surface area contributed by atoms with E-state index in [1.165, 1.54) is 0 Å². The molecule has 2 N–H and O–H groups in total. The van der Waals surface area contributed by atoms with Gasteiger partial charge in [-0.15, -0.1) is 0 Å². The summed E-state index contributed by atoms with van der Waals surface area (Å²) in [5.41, 5.74) is 2.62. The second-order valence-corrected chi connectivity index (χ2v) is 6.39. The van der Waals surface area contributed by atoms with Crippen LogP contribution in [-0.4, -0.2) is 23.5 Å². The maximum atomic E-state index is 12.4. The number of benzene rings is 1. The molecule has 0 saturated carbocycles. The number of aromatic nitrogens is 1. The highest BCUT2D eigenvalue weighted by Gasteiger charge is 2.18. The van der Waals surface area contributed by atoms with Gasteiger partial charge in [0.25, 0.3) is 11.5 Å². The summed E-state index contributed by atoms with van der Waals surface area (Å²) in [6.07, 6.45) is 4.50. The number of carbonyl (C=O) groups is 2. The standard InChI is InChI=1S/C20H22N2O4/c1-2-3-11-26-20(25)13-7-9-15(10-8-13)21-18(23)16-12-14-5-4-6-17(14)22-19(16)24/h7-10,12H,2-6,11H2,1H3,(H,21,23)(H,22,24). The summed E-state index contributed by atoms with van der Waals surface area (Å²) in [6.45, 7) is 2.42. The third-order valence-corrected chi connectivity index (χ3v) is 4.44. The van der Waals surface area contributed by atoms with E-state index < -0.39 is 5.91 Å². The molecular weight excluding hydrogens is 332 g/mol. The Hall–Kier alpha value is -2.89. The third-order valence-electron chi connectivity index (χ3n) is 4.44. The minimum Gasteiger partial charge on any atom is -0.462 e. The Kier molecular flexibility index (Phi) is 5.51. The fraction of sp³-hybridized carbons (Fsp3) is 0.350. The molecule has 2 aromatic rings. The van der Waals surface area contributed by atoms with Crippen LogP contribution in [-0.2, 0) is 17.6 Å². The number of H-pyrrole nitrogens is 1. The van der Waals surface area contributed by atoms with Gasteiger partial charge in [-0.3, -0.25) is 9.59 Å². The molecule has 3 rings (SSSR count). The largest absolute Gasteiger partial charge is 0.462 e. The molecule has 0 unspecified atom stereocenters. The average molecular weight is 354 g/mol. The summed E-state index contributed by atoms with van der Waals surface area (Å²) >= 11 is 0. The van der Waals surface area contributed by atoms with Crippen LogP contribution >= 0.6 is 0 Å². The minimum atomic E-state index is -0.459. The number of unbranched alkanes of at least 4 members (excludes halogenated alkanes) is 1. The number of hydrogen-bond acceptors (Lipinski definition) is 4. The molecule has 1 heterocycles. The lowest BCUT2D eigenvalue weighted by Gasteiger charge is -2.08. The number of hydrogen-bond donors (Lipinski definition) is 2. The predicted octanol–water partition coefficient (Wildman–Crippen LogP) is 3.07. The molecule has 0 spiro atoms. The van der Waals surface area contributed by atoms with Crippen LogP contribution < -0.4 is 10.9 Å². The van der Waals surface area contributed by atoms with Gasteiger partial charge in [0.05, 0.1) is 12.2 Å². The fourth-order valence-corrected chi connectivity index (χ4v) is 2.96. The molecule has 6 heteroatoms. The van der Waals surface area contributed by atoms with Crippen molar-refractivity contribution in [3.05, 3.63) is 63.1 Å². The van der Waals surface area contributed by atoms with Gasteiger partial charge in [-0.25, -0.2) is 4.79 Å². The SMILES string of the molecule is CCCCOC(=O)c1ccc(NC(=O)c2cc3c([nH]c2=O)CCC3)cc1. The number of carbonyl (C=O) groups excluding carboxylic acids is 2. The van der Waals surface area contributed by atoms with Crippen LogP contribution in [0.3, 0.4) is 0 Å². The van der Waals surface area contributed by atoms with Crippen molar-refractivity contribution in [1.82, 2.24) is 4.98 Å². The zero-order valence-corrected chi connectivity index (χ0v) is 14.8. The summed E-state index contributed by atoms with van der Waals surface area (Å²) in [4.78, 5) is 39.2. The van der Waals surface area contributed by atoms with E-state index in [9.17, 15) is 14.4 Å². The van der Waals surface area contributed by atoms with Crippen molar-refractivity contribution in [1.29, 1.82) is 0 Å². The van der Waals surface area contributed by atoms with Crippen LogP contribution in [0.1, 0.15) is 58.2 Å². The van der Waals surface area contributed by atoms with Gasteiger partial charge in [0.1, 0.15) is 5.56 Å². The highest BCUT2D eigenvalue weighted by Crippen LogP contribution is 2.19. The summed E-state index contributed by atoms with van der Waals surface area (Å²) < 4.78 is 5.15. The second kappa shape index (κ2) is 7.99. The number of fused-ring (bicyclic) bond motifs is 1. The summed E-state index contributed by atoms with van der Waals surface area (Å²) in [7, 11) is 0. The normalized spacial score (nSPS) is 12.5. The number of nitrogens with one attached hydrogen (secondary N) is 2. The minimum absolute atomic E-state index is 0.105. The molecule has 136 valence electrons. The average Bonchev–Trinajstić information content (AvgIpc) is 3.08. The first kappa shape index (κ1) is 17.9. The van der Waals surface area contributed by atoms with Crippen molar-refractivity contribution >= 4 is 17.6 Å². The molecule has 0 bridgehead atoms. The van der Waals surface area contributed by atoms with Gasteiger partial charge >= 0.3 is 5.97 Å². The number of ether oxygens (including phenoxy) is 1. The Bertz CT molecular complexity index is 868. The maximum Gasteiger partial charge on any atom is 0.338 e. The van der Waals surface area contributed by atoms with E-state index in [-0.39, 0.29) is 17.1 Å². The van der Waals surface area contributed by atoms with Crippen molar-refractivity contribution in [3.63, 3.8) is 0 Å². The highest BCUT2D eigenvalue weighted by molar-refractivity contribution is 6.04. The van der Waals surface area contributed by atoms with Crippen molar-refractivity contribution in [3.8, 4) is 0 Å². The van der Waals surface area contributed by atoms with Gasteiger partial charge < -0.3 is 15.0 Å². The van der Waals surface area contributed by atoms with Gasteiger partial charge in [-0.05, 0) is 61.6 Å². The molecule has 0 aliphatic heterocycles. The summed E-state index contributed by atoms with van der Waals surface area (Å²) in [6, 6.07) is 8.11. The van der Waals surface area contributed by atoms with Crippen LogP contribution in [0.4, 0.5) is 5.69 Å². The lowest BCUT2D eigenvalue weighted by Crippen LogP contribution is -2.24. The molecule has 6 nitrogen and oxygen atoms in total. The summed E-state index contributed by atoms with van der Waals surface area (Å²) in [5, 5.41) is 2.70. The molecule has 0 saturated heterocycles. The molecule has 0 radical (unpaired) electrons. The molecule has 1 amide bonds. The van der Waals surface area contributed by atoms with E-state index in [4.69, 9.17) is 4.74 Å². The van der Waals surface area contributed by atoms with E-state index in [1.807, 2.05) is 6.92 Å². The van der Waals surface area contributed by atoms with Crippen molar-refractivity contribution in [2.45, 2.75) is 39.0 Å². The number of rotatable bonds is 6. The number of anilines is 1. The molecule has 0 fully saturated rings. The van der Waals surface area contributed by atoms with E-state index >= 15 is 0 Å². The Morgan fingerprint density at radius 2 is 1.96 bits per heavy atom. The molecule has 1 aliphatic carbocycles. The van der Waals surface area contributed by atoms with Crippen molar-refractivity contribution in [2.24, 2.45) is 0 Å². The van der Waals surface area contributed by atoms with Crippen LogP contribution in [0.2, 0.25) is 0 Å². The molecule has 1 aliphatic rings. The molecule has 1 aromatic heterocycles. The van der Waals surface area contributed by atoms with E-state index in [0.29, 0.717) is 17.9 Å². The molecule has 26 heavy (non-hydrogen) atoms. The number of pyridine rings is 1. The second-order valence-electron chi connectivity index (χ2n) is 6.39. The zero-order valence-electron chi connectivity index (χ0n) is 14.8. The monoisotopic (exact) mass is 354 g/mol. The quantitative estimate of drug-likeness (QED) is 0.616. The van der Waals surface area contributed by atoms with Crippen molar-refractivity contribution < 1.29 is 14.3 Å². The molecule has 1 aromatic carbocycles. The summed E-state index contributed by atoms with van der Waals surface area (Å²) in [5.74, 6) is -0.842. The third kappa shape index (κ3) is 4.02. The topological polar surface area (TPSA) is 88.3 Å². The first-order chi connectivity index (χ1) is 12.6. The van der Waals surface area contributed by atoms with Crippen LogP contribution in [0, 0.1) is 0 Å². The van der Waals surface area contributed by atoms with Gasteiger partial charge in [-0.1, -0.05) is 13.3 Å². The fourth-order valence-electron chi connectivity index (χ4n) is 2.96. The zero-order chi connectivity index (χ0) is 18.5. The van der Waals surface area contributed by atoms with E-state index in [2.05, 4.69) is 10.3 Å². The highest BCUT2D eigenvalue weighted by atomic mass is 16.5. The smallest absolute Gasteiger partial charge is 0.338 e. The van der Waals surface area contributed by atoms with Gasteiger partial charge in [0.2, 0.25) is 0 Å². The number of amides is 1. The Balaban J connectivity index is 1.67. The first-order valence-electron chi connectivity index (χ1n) is 8.92. The predicted molar refractivity (Wildman–Crippen MR) is 98.7 cm³/mol. The van der Waals surface area contributed by atoms with E-state index in [0.717, 1.165) is 43.4 Å². The maximum absolute atomic E-state index is 12.4. The van der Waals surface area contributed by atoms with Gasteiger partial charge in [0, 0.05) is 11.4 Å². The van der Waals surface area contributed by atoms with Gasteiger partial charge in [-0.2, -0.15) is 0 Å². The van der Waals surface area contributed by atoms with Crippen LogP contribution in [0.15, 0.2) is 35.1 Å². The lowest BCUT2D eigenvalue weighted by molar-refractivity contribution is 0.0499. The Labute approximate surface area is 151 Å². The number of aromatic amines is 1. The number of aryl methyl sites for hydroxylation is 2. The molecule has 0 atom stereocenters.